The molecule has 21 heavy (non-hydrogen) atoms. The van der Waals surface area contributed by atoms with Crippen molar-refractivity contribution in [1.29, 1.82) is 0 Å². The quantitative estimate of drug-likeness (QED) is 0.815. The molecule has 1 aromatic carbocycles. The Morgan fingerprint density at radius 3 is 2.33 bits per heavy atom. The largest absolute Gasteiger partial charge is 0.325 e. The van der Waals surface area contributed by atoms with Crippen LogP contribution in [0.25, 0.3) is 0 Å². The van der Waals surface area contributed by atoms with Gasteiger partial charge in [-0.05, 0) is 30.5 Å². The fourth-order valence-electron chi connectivity index (χ4n) is 2.34. The van der Waals surface area contributed by atoms with E-state index in [1.807, 2.05) is 13.8 Å². The minimum absolute atomic E-state index is 0.183. The summed E-state index contributed by atoms with van der Waals surface area (Å²) in [6.45, 7) is 4.04. The van der Waals surface area contributed by atoms with Crippen molar-refractivity contribution in [3.05, 3.63) is 35.6 Å². The first-order chi connectivity index (χ1) is 9.90. The molecule has 1 aliphatic rings. The van der Waals surface area contributed by atoms with Crippen molar-refractivity contribution in [1.82, 2.24) is 10.2 Å². The van der Waals surface area contributed by atoms with Gasteiger partial charge in [0.25, 0.3) is 5.91 Å². The normalized spacial score (nSPS) is 19.0. The van der Waals surface area contributed by atoms with E-state index in [1.165, 1.54) is 24.3 Å². The molecule has 3 N–H and O–H groups in total. The third-order valence-electron chi connectivity index (χ3n) is 4.11. The lowest BCUT2D eigenvalue weighted by Crippen LogP contribution is -2.51. The van der Waals surface area contributed by atoms with Crippen LogP contribution in [0.3, 0.4) is 0 Å². The zero-order valence-corrected chi connectivity index (χ0v) is 12.2. The Morgan fingerprint density at radius 1 is 1.24 bits per heavy atom. The predicted octanol–water partition coefficient (Wildman–Crippen LogP) is 1.94. The SMILES string of the molecule is CCC(N)(CC)CN1C(=O)NC(c2ccc(F)cc2)C1=O. The van der Waals surface area contributed by atoms with E-state index in [-0.39, 0.29) is 18.3 Å². The van der Waals surface area contributed by atoms with Crippen LogP contribution < -0.4 is 11.1 Å². The summed E-state index contributed by atoms with van der Waals surface area (Å²) >= 11 is 0. The van der Waals surface area contributed by atoms with Crippen molar-refractivity contribution >= 4 is 11.9 Å². The van der Waals surface area contributed by atoms with Crippen LogP contribution >= 0.6 is 0 Å². The van der Waals surface area contributed by atoms with Gasteiger partial charge in [0.15, 0.2) is 0 Å². The molecule has 0 spiro atoms. The van der Waals surface area contributed by atoms with Crippen LogP contribution in [0.15, 0.2) is 24.3 Å². The third kappa shape index (κ3) is 3.05. The van der Waals surface area contributed by atoms with Crippen LogP contribution in [0.5, 0.6) is 0 Å². The second kappa shape index (κ2) is 5.81. The highest BCUT2D eigenvalue weighted by molar-refractivity contribution is 6.04. The highest BCUT2D eigenvalue weighted by Gasteiger charge is 2.41. The fraction of sp³-hybridized carbons (Fsp3) is 0.467. The van der Waals surface area contributed by atoms with Crippen molar-refractivity contribution < 1.29 is 14.0 Å². The second-order valence-electron chi connectivity index (χ2n) is 5.43. The van der Waals surface area contributed by atoms with E-state index in [2.05, 4.69) is 5.32 Å². The first kappa shape index (κ1) is 15.4. The van der Waals surface area contributed by atoms with E-state index >= 15 is 0 Å². The van der Waals surface area contributed by atoms with Gasteiger partial charge < -0.3 is 11.1 Å². The lowest BCUT2D eigenvalue weighted by atomic mass is 9.93. The van der Waals surface area contributed by atoms with E-state index in [4.69, 9.17) is 5.73 Å². The van der Waals surface area contributed by atoms with Gasteiger partial charge in [0.2, 0.25) is 0 Å². The molecule has 1 saturated heterocycles. The average molecular weight is 293 g/mol. The van der Waals surface area contributed by atoms with Crippen LogP contribution in [-0.4, -0.2) is 28.9 Å². The maximum absolute atomic E-state index is 12.9. The average Bonchev–Trinajstić information content (AvgIpc) is 2.76. The highest BCUT2D eigenvalue weighted by Crippen LogP contribution is 2.24. The van der Waals surface area contributed by atoms with E-state index in [0.717, 1.165) is 4.90 Å². The first-order valence-corrected chi connectivity index (χ1v) is 7.06. The number of nitrogens with one attached hydrogen (secondary N) is 1. The van der Waals surface area contributed by atoms with Gasteiger partial charge in [-0.3, -0.25) is 9.69 Å². The summed E-state index contributed by atoms with van der Waals surface area (Å²) in [5.41, 5.74) is 6.17. The maximum atomic E-state index is 12.9. The van der Waals surface area contributed by atoms with Crippen molar-refractivity contribution in [3.8, 4) is 0 Å². The van der Waals surface area contributed by atoms with Crippen LogP contribution in [0, 0.1) is 5.82 Å². The minimum atomic E-state index is -0.768. The standard InChI is InChI=1S/C15H20FN3O2/c1-3-15(17,4-2)9-19-13(20)12(18-14(19)21)10-5-7-11(16)8-6-10/h5-8,12H,3-4,9,17H2,1-2H3,(H,18,21). The first-order valence-electron chi connectivity index (χ1n) is 7.06. The number of hydrogen-bond donors (Lipinski definition) is 2. The number of hydrogen-bond acceptors (Lipinski definition) is 3. The van der Waals surface area contributed by atoms with Gasteiger partial charge in [0.05, 0.1) is 0 Å². The molecule has 0 saturated carbocycles. The van der Waals surface area contributed by atoms with Crippen molar-refractivity contribution in [2.24, 2.45) is 5.73 Å². The number of carbonyl (C=O) groups excluding carboxylic acids is 2. The van der Waals surface area contributed by atoms with Gasteiger partial charge in [-0.15, -0.1) is 0 Å². The molecule has 1 unspecified atom stereocenters. The summed E-state index contributed by atoms with van der Waals surface area (Å²) in [4.78, 5) is 25.6. The Morgan fingerprint density at radius 2 is 1.81 bits per heavy atom. The smallest absolute Gasteiger partial charge is 0.324 e. The molecule has 6 heteroatoms. The minimum Gasteiger partial charge on any atom is -0.324 e. The van der Waals surface area contributed by atoms with Gasteiger partial charge in [-0.2, -0.15) is 0 Å². The summed E-state index contributed by atoms with van der Waals surface area (Å²) in [6, 6.07) is 4.31. The number of amides is 3. The molecule has 5 nitrogen and oxygen atoms in total. The predicted molar refractivity (Wildman–Crippen MR) is 76.9 cm³/mol. The van der Waals surface area contributed by atoms with Gasteiger partial charge >= 0.3 is 6.03 Å². The Labute approximate surface area is 123 Å². The summed E-state index contributed by atoms with van der Waals surface area (Å²) in [6.07, 6.45) is 1.34. The molecule has 0 aromatic heterocycles. The summed E-state index contributed by atoms with van der Waals surface area (Å²) < 4.78 is 12.9. The van der Waals surface area contributed by atoms with Crippen LogP contribution in [0.2, 0.25) is 0 Å². The van der Waals surface area contributed by atoms with E-state index < -0.39 is 17.6 Å². The zero-order valence-electron chi connectivity index (χ0n) is 12.2. The molecular weight excluding hydrogens is 273 g/mol. The van der Waals surface area contributed by atoms with Crippen LogP contribution in [-0.2, 0) is 4.79 Å². The van der Waals surface area contributed by atoms with E-state index in [1.54, 1.807) is 0 Å². The molecule has 3 amide bonds. The van der Waals surface area contributed by atoms with Crippen molar-refractivity contribution in [2.45, 2.75) is 38.3 Å². The number of urea groups is 1. The van der Waals surface area contributed by atoms with Gasteiger partial charge in [-0.1, -0.05) is 26.0 Å². The number of nitrogens with zero attached hydrogens (tertiary/aromatic N) is 1. The highest BCUT2D eigenvalue weighted by atomic mass is 19.1. The molecule has 1 atom stereocenters. The summed E-state index contributed by atoms with van der Waals surface area (Å²) in [7, 11) is 0. The molecule has 1 fully saturated rings. The van der Waals surface area contributed by atoms with Crippen LogP contribution in [0.4, 0.5) is 9.18 Å². The number of nitrogens with two attached hydrogens (primary N) is 1. The number of halogens is 1. The molecule has 0 bridgehead atoms. The summed E-state index contributed by atoms with van der Waals surface area (Å²) in [5.74, 6) is -0.728. The van der Waals surface area contributed by atoms with E-state index in [0.29, 0.717) is 18.4 Å². The Kier molecular flexibility index (Phi) is 4.27. The van der Waals surface area contributed by atoms with Crippen molar-refractivity contribution in [2.75, 3.05) is 6.54 Å². The van der Waals surface area contributed by atoms with Crippen molar-refractivity contribution in [3.63, 3.8) is 0 Å². The van der Waals surface area contributed by atoms with Gasteiger partial charge in [0.1, 0.15) is 11.9 Å². The van der Waals surface area contributed by atoms with Crippen LogP contribution in [0.1, 0.15) is 38.3 Å². The monoisotopic (exact) mass is 293 g/mol. The molecule has 2 rings (SSSR count). The lowest BCUT2D eigenvalue weighted by molar-refractivity contribution is -0.128. The Bertz CT molecular complexity index is 540. The fourth-order valence-corrected chi connectivity index (χ4v) is 2.34. The number of rotatable bonds is 5. The number of carbonyl (C=O) groups is 2. The zero-order chi connectivity index (χ0) is 15.6. The summed E-state index contributed by atoms with van der Waals surface area (Å²) in [5, 5.41) is 2.62. The Hall–Kier alpha value is -1.95. The topological polar surface area (TPSA) is 75.4 Å². The number of imide groups is 1. The molecule has 1 heterocycles. The maximum Gasteiger partial charge on any atom is 0.325 e. The third-order valence-corrected chi connectivity index (χ3v) is 4.11. The second-order valence-corrected chi connectivity index (χ2v) is 5.43. The molecule has 0 radical (unpaired) electrons. The van der Waals surface area contributed by atoms with E-state index in [9.17, 15) is 14.0 Å². The van der Waals surface area contributed by atoms with Gasteiger partial charge in [-0.25, -0.2) is 9.18 Å². The Balaban J connectivity index is 2.18. The lowest BCUT2D eigenvalue weighted by Gasteiger charge is -2.30. The molecule has 114 valence electrons. The number of benzene rings is 1. The molecular formula is C15H20FN3O2. The molecule has 1 aliphatic heterocycles. The molecule has 0 aliphatic carbocycles. The van der Waals surface area contributed by atoms with Gasteiger partial charge in [0, 0.05) is 12.1 Å². The molecule has 1 aromatic rings.